The predicted octanol–water partition coefficient (Wildman–Crippen LogP) is 4.14. The van der Waals surface area contributed by atoms with Gasteiger partial charge in [-0.05, 0) is 32.3 Å². The zero-order chi connectivity index (χ0) is 10.4. The van der Waals surface area contributed by atoms with Crippen molar-refractivity contribution >= 4 is 0 Å². The standard InChI is InChI=1S/C14H18/c1-12(2)11-13(3)9-10-14-7-5-4-6-8-14/h4-9H,1,10-11H2,2-3H3/b13-9-. The van der Waals surface area contributed by atoms with Gasteiger partial charge in [-0.2, -0.15) is 0 Å². The first-order chi connectivity index (χ1) is 6.68. The van der Waals surface area contributed by atoms with Crippen molar-refractivity contribution in [2.24, 2.45) is 0 Å². The molecular formula is C14H18. The van der Waals surface area contributed by atoms with Crippen LogP contribution in [0.25, 0.3) is 0 Å². The highest BCUT2D eigenvalue weighted by Crippen LogP contribution is 2.09. The summed E-state index contributed by atoms with van der Waals surface area (Å²) in [5.74, 6) is 0. The van der Waals surface area contributed by atoms with Crippen molar-refractivity contribution < 1.29 is 0 Å². The summed E-state index contributed by atoms with van der Waals surface area (Å²) in [5.41, 5.74) is 4.00. The molecule has 0 nitrogen and oxygen atoms in total. The lowest BCUT2D eigenvalue weighted by atomic mass is 10.1. The summed E-state index contributed by atoms with van der Waals surface area (Å²) in [6.07, 6.45) is 4.33. The molecule has 1 rings (SSSR count). The Kier molecular flexibility index (Phi) is 4.18. The molecule has 0 amide bonds. The minimum Gasteiger partial charge on any atom is -0.0998 e. The van der Waals surface area contributed by atoms with Crippen LogP contribution in [0.5, 0.6) is 0 Å². The predicted molar refractivity (Wildman–Crippen MR) is 63.3 cm³/mol. The highest BCUT2D eigenvalue weighted by Gasteiger charge is 1.91. The van der Waals surface area contributed by atoms with Gasteiger partial charge >= 0.3 is 0 Å². The first kappa shape index (κ1) is 10.8. The van der Waals surface area contributed by atoms with E-state index in [0.29, 0.717) is 0 Å². The Bertz CT molecular complexity index is 317. The van der Waals surface area contributed by atoms with Crippen molar-refractivity contribution in [2.45, 2.75) is 26.7 Å². The first-order valence-electron chi connectivity index (χ1n) is 5.02. The molecule has 0 heteroatoms. The largest absolute Gasteiger partial charge is 0.0998 e. The van der Waals surface area contributed by atoms with E-state index >= 15 is 0 Å². The van der Waals surface area contributed by atoms with E-state index in [-0.39, 0.29) is 0 Å². The van der Waals surface area contributed by atoms with Crippen LogP contribution >= 0.6 is 0 Å². The summed E-state index contributed by atoms with van der Waals surface area (Å²) in [7, 11) is 0. The van der Waals surface area contributed by atoms with Gasteiger partial charge in [0.25, 0.3) is 0 Å². The number of benzene rings is 1. The van der Waals surface area contributed by atoms with E-state index in [4.69, 9.17) is 0 Å². The lowest BCUT2D eigenvalue weighted by molar-refractivity contribution is 1.08. The second-order valence-corrected chi connectivity index (χ2v) is 3.87. The molecule has 0 aromatic heterocycles. The highest BCUT2D eigenvalue weighted by atomic mass is 14.0. The van der Waals surface area contributed by atoms with Gasteiger partial charge in [-0.3, -0.25) is 0 Å². The number of allylic oxidation sites excluding steroid dienone is 3. The number of hydrogen-bond acceptors (Lipinski definition) is 0. The molecule has 0 aliphatic heterocycles. The Morgan fingerprint density at radius 1 is 1.21 bits per heavy atom. The molecule has 0 aliphatic carbocycles. The highest BCUT2D eigenvalue weighted by molar-refractivity contribution is 5.20. The summed E-state index contributed by atoms with van der Waals surface area (Å²) in [4.78, 5) is 0. The maximum atomic E-state index is 3.91. The van der Waals surface area contributed by atoms with Crippen LogP contribution < -0.4 is 0 Å². The summed E-state index contributed by atoms with van der Waals surface area (Å²) >= 11 is 0. The zero-order valence-corrected chi connectivity index (χ0v) is 9.09. The molecule has 0 atom stereocenters. The van der Waals surface area contributed by atoms with Crippen molar-refractivity contribution in [2.75, 3.05) is 0 Å². The lowest BCUT2D eigenvalue weighted by Crippen LogP contribution is -1.83. The van der Waals surface area contributed by atoms with E-state index in [9.17, 15) is 0 Å². The first-order valence-corrected chi connectivity index (χ1v) is 5.02. The summed E-state index contributed by atoms with van der Waals surface area (Å²) < 4.78 is 0. The molecule has 0 spiro atoms. The molecule has 14 heavy (non-hydrogen) atoms. The SMILES string of the molecule is C=C(C)C/C(C)=C\Cc1ccccc1. The average molecular weight is 186 g/mol. The fraction of sp³-hybridized carbons (Fsp3) is 0.286. The van der Waals surface area contributed by atoms with Gasteiger partial charge in [0, 0.05) is 0 Å². The van der Waals surface area contributed by atoms with Crippen LogP contribution in [0.15, 0.2) is 54.1 Å². The molecule has 74 valence electrons. The molecular weight excluding hydrogens is 168 g/mol. The third-order valence-corrected chi connectivity index (χ3v) is 2.11. The number of hydrogen-bond donors (Lipinski definition) is 0. The quantitative estimate of drug-likeness (QED) is 0.620. The maximum absolute atomic E-state index is 3.91. The van der Waals surface area contributed by atoms with Gasteiger partial charge in [0.1, 0.15) is 0 Å². The minimum absolute atomic E-state index is 1.02. The Morgan fingerprint density at radius 2 is 1.86 bits per heavy atom. The Morgan fingerprint density at radius 3 is 2.43 bits per heavy atom. The van der Waals surface area contributed by atoms with Crippen molar-refractivity contribution in [3.05, 3.63) is 59.7 Å². The van der Waals surface area contributed by atoms with E-state index in [1.54, 1.807) is 0 Å². The third-order valence-electron chi connectivity index (χ3n) is 2.11. The fourth-order valence-electron chi connectivity index (χ4n) is 1.45. The van der Waals surface area contributed by atoms with Crippen LogP contribution in [0, 0.1) is 0 Å². The van der Waals surface area contributed by atoms with E-state index in [2.05, 4.69) is 50.8 Å². The molecule has 0 saturated heterocycles. The van der Waals surface area contributed by atoms with Gasteiger partial charge < -0.3 is 0 Å². The van der Waals surface area contributed by atoms with E-state index in [1.165, 1.54) is 16.7 Å². The van der Waals surface area contributed by atoms with Gasteiger partial charge in [0.05, 0.1) is 0 Å². The van der Waals surface area contributed by atoms with Gasteiger partial charge in [0.2, 0.25) is 0 Å². The summed E-state index contributed by atoms with van der Waals surface area (Å²) in [6, 6.07) is 10.5. The minimum atomic E-state index is 1.02. The molecule has 0 aliphatic rings. The summed E-state index contributed by atoms with van der Waals surface area (Å²) in [5, 5.41) is 0. The molecule has 0 heterocycles. The van der Waals surface area contributed by atoms with E-state index in [1.807, 2.05) is 6.07 Å². The number of rotatable bonds is 4. The molecule has 0 saturated carbocycles. The average Bonchev–Trinajstić information content (AvgIpc) is 2.15. The van der Waals surface area contributed by atoms with Gasteiger partial charge in [0.15, 0.2) is 0 Å². The van der Waals surface area contributed by atoms with Gasteiger partial charge in [-0.25, -0.2) is 0 Å². The van der Waals surface area contributed by atoms with Gasteiger partial charge in [-0.1, -0.05) is 54.1 Å². The van der Waals surface area contributed by atoms with E-state index < -0.39 is 0 Å². The Balaban J connectivity index is 2.51. The van der Waals surface area contributed by atoms with Crippen molar-refractivity contribution in [1.29, 1.82) is 0 Å². The van der Waals surface area contributed by atoms with Crippen molar-refractivity contribution in [3.63, 3.8) is 0 Å². The normalized spacial score (nSPS) is 11.4. The molecule has 0 unspecified atom stereocenters. The van der Waals surface area contributed by atoms with E-state index in [0.717, 1.165) is 12.8 Å². The molecule has 0 bridgehead atoms. The molecule has 0 N–H and O–H groups in total. The molecule has 0 radical (unpaired) electrons. The van der Waals surface area contributed by atoms with Crippen LogP contribution in [0.4, 0.5) is 0 Å². The topological polar surface area (TPSA) is 0 Å². The lowest BCUT2D eigenvalue weighted by Gasteiger charge is -2.00. The fourth-order valence-corrected chi connectivity index (χ4v) is 1.45. The maximum Gasteiger partial charge on any atom is -0.00948 e. The Hall–Kier alpha value is -1.30. The molecule has 0 fully saturated rings. The molecule has 1 aromatic rings. The Labute approximate surface area is 87.0 Å². The van der Waals surface area contributed by atoms with Crippen molar-refractivity contribution in [1.82, 2.24) is 0 Å². The second-order valence-electron chi connectivity index (χ2n) is 3.87. The van der Waals surface area contributed by atoms with Crippen LogP contribution in [0.2, 0.25) is 0 Å². The van der Waals surface area contributed by atoms with Crippen LogP contribution in [-0.2, 0) is 6.42 Å². The monoisotopic (exact) mass is 186 g/mol. The summed E-state index contributed by atoms with van der Waals surface area (Å²) in [6.45, 7) is 8.14. The van der Waals surface area contributed by atoms with Crippen molar-refractivity contribution in [3.8, 4) is 0 Å². The van der Waals surface area contributed by atoms with Crippen LogP contribution in [0.1, 0.15) is 25.8 Å². The van der Waals surface area contributed by atoms with Crippen LogP contribution in [-0.4, -0.2) is 0 Å². The van der Waals surface area contributed by atoms with Crippen LogP contribution in [0.3, 0.4) is 0 Å². The molecule has 1 aromatic carbocycles. The second kappa shape index (κ2) is 5.43. The van der Waals surface area contributed by atoms with Gasteiger partial charge in [-0.15, -0.1) is 0 Å². The smallest absolute Gasteiger partial charge is 0.00948 e. The zero-order valence-electron chi connectivity index (χ0n) is 9.09. The third kappa shape index (κ3) is 4.08.